The fourth-order valence-electron chi connectivity index (χ4n) is 6.60. The zero-order valence-corrected chi connectivity index (χ0v) is 22.6. The maximum atomic E-state index is 2.54. The van der Waals surface area contributed by atoms with Crippen molar-refractivity contribution in [3.8, 4) is 22.3 Å². The van der Waals surface area contributed by atoms with Gasteiger partial charge in [-0.2, -0.15) is 0 Å². The van der Waals surface area contributed by atoms with Crippen LogP contribution in [-0.4, -0.2) is 0 Å². The predicted molar refractivity (Wildman–Crippen MR) is 160 cm³/mol. The van der Waals surface area contributed by atoms with Crippen LogP contribution in [-0.2, 0) is 12.8 Å². The van der Waals surface area contributed by atoms with Crippen LogP contribution in [0.1, 0.15) is 60.1 Å². The van der Waals surface area contributed by atoms with E-state index < -0.39 is 0 Å². The second-order valence-corrected chi connectivity index (χ2v) is 11.3. The third kappa shape index (κ3) is 4.19. The van der Waals surface area contributed by atoms with E-state index in [2.05, 4.69) is 125 Å². The number of fused-ring (bicyclic) bond motifs is 2. The first-order valence-electron chi connectivity index (χ1n) is 13.8. The van der Waals surface area contributed by atoms with Crippen LogP contribution in [0.3, 0.4) is 0 Å². The molecule has 0 saturated carbocycles. The van der Waals surface area contributed by atoms with Gasteiger partial charge in [0.25, 0.3) is 0 Å². The summed E-state index contributed by atoms with van der Waals surface area (Å²) in [7, 11) is 0. The molecule has 0 N–H and O–H groups in total. The molecule has 184 valence electrons. The Balaban J connectivity index is 1.42. The molecule has 4 aromatic rings. The SMILES string of the molecule is CCCC(C)(C1=Cc2c(cccc2-c2cccc(C)c2)C1)C1=Cc2c(cccc2-c2cccc(C)c2)C1. The summed E-state index contributed by atoms with van der Waals surface area (Å²) in [6.07, 6.45) is 9.51. The molecule has 0 unspecified atom stereocenters. The van der Waals surface area contributed by atoms with E-state index in [1.807, 2.05) is 0 Å². The average Bonchev–Trinajstić information content (AvgIpc) is 3.54. The highest BCUT2D eigenvalue weighted by atomic mass is 14.4. The second-order valence-electron chi connectivity index (χ2n) is 11.3. The minimum Gasteiger partial charge on any atom is -0.0653 e. The molecule has 0 fully saturated rings. The molecule has 2 aliphatic rings. The number of allylic oxidation sites excluding steroid dienone is 2. The van der Waals surface area contributed by atoms with Crippen LogP contribution in [0.15, 0.2) is 96.1 Å². The summed E-state index contributed by atoms with van der Waals surface area (Å²) in [6.45, 7) is 9.20. The van der Waals surface area contributed by atoms with Gasteiger partial charge in [0.05, 0.1) is 0 Å². The van der Waals surface area contributed by atoms with Crippen LogP contribution >= 0.6 is 0 Å². The van der Waals surface area contributed by atoms with Crippen LogP contribution in [0.5, 0.6) is 0 Å². The molecule has 0 spiro atoms. The quantitative estimate of drug-likeness (QED) is 0.257. The highest BCUT2D eigenvalue weighted by Gasteiger charge is 2.37. The number of hydrogen-bond acceptors (Lipinski definition) is 0. The lowest BCUT2D eigenvalue weighted by molar-refractivity contribution is 0.424. The van der Waals surface area contributed by atoms with Crippen molar-refractivity contribution < 1.29 is 0 Å². The third-order valence-electron chi connectivity index (χ3n) is 8.62. The van der Waals surface area contributed by atoms with E-state index in [1.54, 1.807) is 11.1 Å². The first-order chi connectivity index (χ1) is 18.0. The molecule has 37 heavy (non-hydrogen) atoms. The molecule has 2 aliphatic carbocycles. The number of rotatable bonds is 6. The topological polar surface area (TPSA) is 0 Å². The van der Waals surface area contributed by atoms with Gasteiger partial charge >= 0.3 is 0 Å². The number of aryl methyl sites for hydroxylation is 2. The van der Waals surface area contributed by atoms with Gasteiger partial charge in [0.15, 0.2) is 0 Å². The van der Waals surface area contributed by atoms with Crippen molar-refractivity contribution in [1.82, 2.24) is 0 Å². The summed E-state index contributed by atoms with van der Waals surface area (Å²) in [4.78, 5) is 0. The molecule has 0 atom stereocenters. The van der Waals surface area contributed by atoms with Crippen molar-refractivity contribution in [3.63, 3.8) is 0 Å². The van der Waals surface area contributed by atoms with Crippen molar-refractivity contribution in [2.24, 2.45) is 5.41 Å². The van der Waals surface area contributed by atoms with Crippen molar-refractivity contribution in [3.05, 3.63) is 129 Å². The molecular formula is C37H36. The lowest BCUT2D eigenvalue weighted by Crippen LogP contribution is -2.22. The monoisotopic (exact) mass is 480 g/mol. The van der Waals surface area contributed by atoms with Crippen LogP contribution in [0, 0.1) is 19.3 Å². The maximum absolute atomic E-state index is 2.54. The van der Waals surface area contributed by atoms with E-state index in [4.69, 9.17) is 0 Å². The molecule has 0 bridgehead atoms. The summed E-state index contributed by atoms with van der Waals surface area (Å²) in [6, 6.07) is 31.6. The van der Waals surface area contributed by atoms with Crippen molar-refractivity contribution in [2.75, 3.05) is 0 Å². The van der Waals surface area contributed by atoms with Crippen LogP contribution in [0.2, 0.25) is 0 Å². The first kappa shape index (κ1) is 23.7. The predicted octanol–water partition coefficient (Wildman–Crippen LogP) is 10.0. The van der Waals surface area contributed by atoms with Gasteiger partial charge in [0, 0.05) is 5.41 Å². The third-order valence-corrected chi connectivity index (χ3v) is 8.62. The number of benzene rings is 4. The van der Waals surface area contributed by atoms with Gasteiger partial charge in [0.1, 0.15) is 0 Å². The summed E-state index contributed by atoms with van der Waals surface area (Å²) in [5.74, 6) is 0. The maximum Gasteiger partial charge on any atom is 0.0105 e. The minimum absolute atomic E-state index is 0.0561. The largest absolute Gasteiger partial charge is 0.0653 e. The van der Waals surface area contributed by atoms with Gasteiger partial charge in [-0.05, 0) is 77.6 Å². The zero-order valence-electron chi connectivity index (χ0n) is 22.6. The highest BCUT2D eigenvalue weighted by Crippen LogP contribution is 2.51. The first-order valence-corrected chi connectivity index (χ1v) is 13.8. The van der Waals surface area contributed by atoms with Crippen LogP contribution in [0.25, 0.3) is 34.4 Å². The standard InChI is InChI=1S/C37H36/c1-5-18-37(4,31-21-29-14-8-16-33(35(29)23-31)27-12-6-10-25(2)19-27)32-22-30-15-9-17-34(36(30)24-32)28-13-7-11-26(3)20-28/h6-17,19-20,23-24H,5,18,21-22H2,1-4H3. The molecule has 0 saturated heterocycles. The minimum atomic E-state index is 0.0561. The molecule has 0 radical (unpaired) electrons. The Bertz CT molecular complexity index is 1450. The Labute approximate surface area is 222 Å². The van der Waals surface area contributed by atoms with E-state index in [9.17, 15) is 0 Å². The van der Waals surface area contributed by atoms with Crippen LogP contribution < -0.4 is 0 Å². The summed E-state index contributed by atoms with van der Waals surface area (Å²) in [5.41, 5.74) is 17.0. The molecule has 0 nitrogen and oxygen atoms in total. The molecule has 0 heteroatoms. The summed E-state index contributed by atoms with van der Waals surface area (Å²) in [5, 5.41) is 0. The smallest absolute Gasteiger partial charge is 0.0105 e. The fourth-order valence-corrected chi connectivity index (χ4v) is 6.60. The molecule has 6 rings (SSSR count). The van der Waals surface area contributed by atoms with Gasteiger partial charge in [-0.25, -0.2) is 0 Å². The molecular weight excluding hydrogens is 444 g/mol. The molecule has 4 aromatic carbocycles. The van der Waals surface area contributed by atoms with E-state index in [0.29, 0.717) is 0 Å². The van der Waals surface area contributed by atoms with Crippen molar-refractivity contribution >= 4 is 12.2 Å². The Hall–Kier alpha value is -3.64. The van der Waals surface area contributed by atoms with Gasteiger partial charge in [-0.3, -0.25) is 0 Å². The van der Waals surface area contributed by atoms with Gasteiger partial charge in [0.2, 0.25) is 0 Å². The molecule has 0 amide bonds. The average molecular weight is 481 g/mol. The lowest BCUT2D eigenvalue weighted by atomic mass is 9.71. The zero-order chi connectivity index (χ0) is 25.6. The van der Waals surface area contributed by atoms with E-state index in [-0.39, 0.29) is 5.41 Å². The molecule has 0 heterocycles. The number of hydrogen-bond donors (Lipinski definition) is 0. The van der Waals surface area contributed by atoms with Crippen molar-refractivity contribution in [2.45, 2.75) is 53.4 Å². The Morgan fingerprint density at radius 2 is 1.08 bits per heavy atom. The summed E-state index contributed by atoms with van der Waals surface area (Å²) < 4.78 is 0. The van der Waals surface area contributed by atoms with E-state index in [0.717, 1.165) is 12.8 Å². The molecule has 0 aliphatic heterocycles. The summed E-state index contributed by atoms with van der Waals surface area (Å²) >= 11 is 0. The fraction of sp³-hybridized carbons (Fsp3) is 0.243. The van der Waals surface area contributed by atoms with Crippen LogP contribution in [0.4, 0.5) is 0 Å². The highest BCUT2D eigenvalue weighted by molar-refractivity contribution is 5.84. The van der Waals surface area contributed by atoms with Gasteiger partial charge in [-0.1, -0.05) is 140 Å². The second kappa shape index (κ2) is 9.34. The normalized spacial score (nSPS) is 14.3. The Morgan fingerprint density at radius 3 is 1.51 bits per heavy atom. The van der Waals surface area contributed by atoms with E-state index >= 15 is 0 Å². The Morgan fingerprint density at radius 1 is 0.622 bits per heavy atom. The van der Waals surface area contributed by atoms with E-state index in [1.165, 1.54) is 68.5 Å². The molecule has 0 aromatic heterocycles. The van der Waals surface area contributed by atoms with Gasteiger partial charge < -0.3 is 0 Å². The lowest BCUT2D eigenvalue weighted by Gasteiger charge is -2.33. The van der Waals surface area contributed by atoms with Gasteiger partial charge in [-0.15, -0.1) is 0 Å². The Kier molecular flexibility index (Phi) is 6.00. The van der Waals surface area contributed by atoms with Crippen molar-refractivity contribution in [1.29, 1.82) is 0 Å².